The molecule has 1 atom stereocenters. The summed E-state index contributed by atoms with van der Waals surface area (Å²) in [4.78, 5) is 26.9. The van der Waals surface area contributed by atoms with Crippen molar-refractivity contribution in [2.24, 2.45) is 0 Å². The normalized spacial score (nSPS) is 21.1. The maximum absolute atomic E-state index is 11.8. The van der Waals surface area contributed by atoms with Crippen LogP contribution in [0, 0.1) is 0 Å². The zero-order valence-electron chi connectivity index (χ0n) is 10.6. The van der Waals surface area contributed by atoms with Gasteiger partial charge in [-0.15, -0.1) is 0 Å². The molecule has 1 unspecified atom stereocenters. The maximum Gasteiger partial charge on any atom is 0.410 e. The summed E-state index contributed by atoms with van der Waals surface area (Å²) in [5, 5.41) is 0. The standard InChI is InChI=1S/C11H20N2O4/c1-4-16-10(14)9-8-12(3)6-7-13(9)11(15)17-5-2/h9H,4-8H2,1-3H3. The first-order valence-electron chi connectivity index (χ1n) is 5.88. The van der Waals surface area contributed by atoms with Crippen LogP contribution in [0.25, 0.3) is 0 Å². The lowest BCUT2D eigenvalue weighted by Crippen LogP contribution is -2.57. The van der Waals surface area contributed by atoms with Crippen molar-refractivity contribution in [3.05, 3.63) is 0 Å². The maximum atomic E-state index is 11.8. The number of amides is 1. The van der Waals surface area contributed by atoms with Gasteiger partial charge in [0.2, 0.25) is 0 Å². The van der Waals surface area contributed by atoms with Gasteiger partial charge >= 0.3 is 12.1 Å². The number of hydrogen-bond acceptors (Lipinski definition) is 5. The number of nitrogens with zero attached hydrogens (tertiary/aromatic N) is 2. The third-order valence-electron chi connectivity index (χ3n) is 2.64. The highest BCUT2D eigenvalue weighted by Crippen LogP contribution is 2.11. The number of likely N-dealkylation sites (N-methyl/N-ethyl adjacent to an activating group) is 1. The zero-order chi connectivity index (χ0) is 12.8. The fourth-order valence-corrected chi connectivity index (χ4v) is 1.78. The first-order chi connectivity index (χ1) is 8.10. The van der Waals surface area contributed by atoms with E-state index >= 15 is 0 Å². The van der Waals surface area contributed by atoms with Crippen molar-refractivity contribution in [2.75, 3.05) is 39.9 Å². The molecule has 0 radical (unpaired) electrons. The minimum absolute atomic E-state index is 0.306. The van der Waals surface area contributed by atoms with Gasteiger partial charge in [0, 0.05) is 19.6 Å². The highest BCUT2D eigenvalue weighted by atomic mass is 16.6. The molecule has 1 aliphatic rings. The van der Waals surface area contributed by atoms with Crippen LogP contribution in [-0.2, 0) is 14.3 Å². The molecule has 6 heteroatoms. The number of carbonyl (C=O) groups is 2. The lowest BCUT2D eigenvalue weighted by Gasteiger charge is -2.37. The van der Waals surface area contributed by atoms with Gasteiger partial charge in [0.05, 0.1) is 13.2 Å². The van der Waals surface area contributed by atoms with Crippen LogP contribution in [0.5, 0.6) is 0 Å². The van der Waals surface area contributed by atoms with E-state index < -0.39 is 12.1 Å². The molecule has 0 aromatic heterocycles. The Balaban J connectivity index is 2.70. The smallest absolute Gasteiger partial charge is 0.410 e. The van der Waals surface area contributed by atoms with Crippen molar-refractivity contribution in [1.82, 2.24) is 9.80 Å². The number of hydrogen-bond donors (Lipinski definition) is 0. The lowest BCUT2D eigenvalue weighted by molar-refractivity contribution is -0.151. The Kier molecular flexibility index (Phi) is 5.21. The summed E-state index contributed by atoms with van der Waals surface area (Å²) in [5.74, 6) is -0.368. The fourth-order valence-electron chi connectivity index (χ4n) is 1.78. The predicted octanol–water partition coefficient (Wildman–Crippen LogP) is 0.322. The molecular weight excluding hydrogens is 224 g/mol. The van der Waals surface area contributed by atoms with Gasteiger partial charge in [-0.2, -0.15) is 0 Å². The van der Waals surface area contributed by atoms with E-state index in [1.54, 1.807) is 13.8 Å². The Morgan fingerprint density at radius 1 is 1.18 bits per heavy atom. The SMILES string of the molecule is CCOC(=O)C1CN(C)CCN1C(=O)OCC. The van der Waals surface area contributed by atoms with E-state index in [-0.39, 0.29) is 5.97 Å². The number of rotatable bonds is 3. The molecule has 0 saturated carbocycles. The Labute approximate surface area is 101 Å². The summed E-state index contributed by atoms with van der Waals surface area (Å²) in [6.45, 7) is 5.81. The third kappa shape index (κ3) is 3.59. The van der Waals surface area contributed by atoms with E-state index in [9.17, 15) is 9.59 Å². The fraction of sp³-hybridized carbons (Fsp3) is 0.818. The molecule has 1 aliphatic heterocycles. The largest absolute Gasteiger partial charge is 0.464 e. The Hall–Kier alpha value is -1.30. The Morgan fingerprint density at radius 2 is 1.82 bits per heavy atom. The van der Waals surface area contributed by atoms with Gasteiger partial charge in [-0.25, -0.2) is 9.59 Å². The molecule has 1 rings (SSSR count). The van der Waals surface area contributed by atoms with E-state index in [2.05, 4.69) is 0 Å². The highest BCUT2D eigenvalue weighted by molar-refractivity contribution is 5.82. The monoisotopic (exact) mass is 244 g/mol. The average molecular weight is 244 g/mol. The van der Waals surface area contributed by atoms with Gasteiger partial charge < -0.3 is 14.4 Å². The molecule has 0 aliphatic carbocycles. The zero-order valence-corrected chi connectivity index (χ0v) is 10.6. The number of carbonyl (C=O) groups excluding carboxylic acids is 2. The Morgan fingerprint density at radius 3 is 2.41 bits per heavy atom. The van der Waals surface area contributed by atoms with E-state index in [1.165, 1.54) is 4.90 Å². The van der Waals surface area contributed by atoms with Crippen LogP contribution < -0.4 is 0 Å². The summed E-state index contributed by atoms with van der Waals surface area (Å²) in [6, 6.07) is -0.562. The summed E-state index contributed by atoms with van der Waals surface area (Å²) in [5.41, 5.74) is 0. The van der Waals surface area contributed by atoms with E-state index in [0.29, 0.717) is 26.3 Å². The summed E-state index contributed by atoms with van der Waals surface area (Å²) in [7, 11) is 1.91. The second-order valence-corrected chi connectivity index (χ2v) is 3.92. The van der Waals surface area contributed by atoms with E-state index in [1.807, 2.05) is 11.9 Å². The molecule has 1 heterocycles. The van der Waals surface area contributed by atoms with Crippen LogP contribution in [0.3, 0.4) is 0 Å². The first-order valence-corrected chi connectivity index (χ1v) is 5.88. The molecule has 17 heavy (non-hydrogen) atoms. The van der Waals surface area contributed by atoms with E-state index in [0.717, 1.165) is 6.54 Å². The highest BCUT2D eigenvalue weighted by Gasteiger charge is 2.35. The van der Waals surface area contributed by atoms with Crippen molar-refractivity contribution in [3.63, 3.8) is 0 Å². The molecule has 0 N–H and O–H groups in total. The minimum atomic E-state index is -0.562. The third-order valence-corrected chi connectivity index (χ3v) is 2.64. The van der Waals surface area contributed by atoms with E-state index in [4.69, 9.17) is 9.47 Å². The quantitative estimate of drug-likeness (QED) is 0.669. The predicted molar refractivity (Wildman–Crippen MR) is 61.6 cm³/mol. The summed E-state index contributed by atoms with van der Waals surface area (Å²) >= 11 is 0. The van der Waals surface area contributed by atoms with Gasteiger partial charge in [-0.1, -0.05) is 0 Å². The lowest BCUT2D eigenvalue weighted by atomic mass is 10.2. The average Bonchev–Trinajstić information content (AvgIpc) is 2.29. The van der Waals surface area contributed by atoms with Gasteiger partial charge in [0.15, 0.2) is 0 Å². The molecular formula is C11H20N2O4. The van der Waals surface area contributed by atoms with Crippen molar-refractivity contribution in [3.8, 4) is 0 Å². The van der Waals surface area contributed by atoms with Crippen LogP contribution in [0.15, 0.2) is 0 Å². The Bertz CT molecular complexity index is 283. The van der Waals surface area contributed by atoms with Crippen molar-refractivity contribution in [1.29, 1.82) is 0 Å². The summed E-state index contributed by atoms with van der Waals surface area (Å²) in [6.07, 6.45) is -0.446. The first kappa shape index (κ1) is 13.8. The van der Waals surface area contributed by atoms with Gasteiger partial charge in [-0.3, -0.25) is 4.90 Å². The molecule has 6 nitrogen and oxygen atoms in total. The van der Waals surface area contributed by atoms with Crippen LogP contribution in [0.1, 0.15) is 13.8 Å². The number of esters is 1. The topological polar surface area (TPSA) is 59.1 Å². The van der Waals surface area contributed by atoms with Crippen LogP contribution in [0.2, 0.25) is 0 Å². The molecule has 98 valence electrons. The second kappa shape index (κ2) is 6.44. The molecule has 1 saturated heterocycles. The number of piperazine rings is 1. The molecule has 0 aromatic carbocycles. The number of ether oxygens (including phenoxy) is 2. The molecule has 0 aromatic rings. The van der Waals surface area contributed by atoms with Crippen LogP contribution in [-0.4, -0.2) is 67.8 Å². The summed E-state index contributed by atoms with van der Waals surface area (Å²) < 4.78 is 9.91. The van der Waals surface area contributed by atoms with Gasteiger partial charge in [0.1, 0.15) is 6.04 Å². The van der Waals surface area contributed by atoms with Gasteiger partial charge in [0.25, 0.3) is 0 Å². The molecule has 1 amide bonds. The molecule has 0 bridgehead atoms. The van der Waals surface area contributed by atoms with Crippen molar-refractivity contribution < 1.29 is 19.1 Å². The molecule has 1 fully saturated rings. The van der Waals surface area contributed by atoms with Gasteiger partial charge in [-0.05, 0) is 20.9 Å². The van der Waals surface area contributed by atoms with Crippen molar-refractivity contribution >= 4 is 12.1 Å². The van der Waals surface area contributed by atoms with Crippen LogP contribution >= 0.6 is 0 Å². The second-order valence-electron chi connectivity index (χ2n) is 3.92. The molecule has 0 spiro atoms. The minimum Gasteiger partial charge on any atom is -0.464 e. The van der Waals surface area contributed by atoms with Crippen LogP contribution in [0.4, 0.5) is 4.79 Å². The van der Waals surface area contributed by atoms with Crippen molar-refractivity contribution in [2.45, 2.75) is 19.9 Å².